The number of alkyl halides is 1. The van der Waals surface area contributed by atoms with Crippen molar-refractivity contribution in [1.82, 2.24) is 0 Å². The Kier molecular flexibility index (Phi) is 3.99. The lowest BCUT2D eigenvalue weighted by atomic mass is 9.89. The normalized spacial score (nSPS) is 13.3. The molecule has 1 aromatic carbocycles. The van der Waals surface area contributed by atoms with E-state index in [-0.39, 0.29) is 0 Å². The molecule has 1 heteroatoms. The molecule has 0 saturated heterocycles. The van der Waals surface area contributed by atoms with Crippen LogP contribution in [0.3, 0.4) is 0 Å². The van der Waals surface area contributed by atoms with Gasteiger partial charge in [-0.2, -0.15) is 0 Å². The van der Waals surface area contributed by atoms with Gasteiger partial charge in [0.15, 0.2) is 0 Å². The average molecular weight is 269 g/mol. The minimum absolute atomic E-state index is 0.469. The van der Waals surface area contributed by atoms with Gasteiger partial charge in [0.2, 0.25) is 0 Å². The molecule has 0 aromatic heterocycles. The van der Waals surface area contributed by atoms with Crippen LogP contribution in [0.4, 0.5) is 0 Å². The summed E-state index contributed by atoms with van der Waals surface area (Å²) < 4.78 is 0. The molecule has 0 bridgehead atoms. The molecule has 0 spiro atoms. The summed E-state index contributed by atoms with van der Waals surface area (Å²) in [6.45, 7) is 13.4. The number of halogens is 1. The van der Waals surface area contributed by atoms with Gasteiger partial charge in [0, 0.05) is 4.83 Å². The first-order valence-electron chi connectivity index (χ1n) is 5.57. The third-order valence-corrected chi connectivity index (χ3v) is 4.80. The Morgan fingerprint density at radius 1 is 0.933 bits per heavy atom. The van der Waals surface area contributed by atoms with E-state index in [0.29, 0.717) is 10.7 Å². The molecule has 0 nitrogen and oxygen atoms in total. The monoisotopic (exact) mass is 268 g/mol. The Morgan fingerprint density at radius 2 is 1.33 bits per heavy atom. The van der Waals surface area contributed by atoms with Crippen molar-refractivity contribution in [3.8, 4) is 0 Å². The highest BCUT2D eigenvalue weighted by Crippen LogP contribution is 2.37. The van der Waals surface area contributed by atoms with Crippen LogP contribution < -0.4 is 0 Å². The Hall–Kier alpha value is -0.300. The van der Waals surface area contributed by atoms with Gasteiger partial charge in [0.1, 0.15) is 0 Å². The summed E-state index contributed by atoms with van der Waals surface area (Å²) in [5.74, 6) is 0.628. The van der Waals surface area contributed by atoms with Gasteiger partial charge in [0.05, 0.1) is 0 Å². The van der Waals surface area contributed by atoms with E-state index < -0.39 is 0 Å². The van der Waals surface area contributed by atoms with Gasteiger partial charge in [-0.1, -0.05) is 35.8 Å². The summed E-state index contributed by atoms with van der Waals surface area (Å²) in [5, 5.41) is 0. The molecule has 0 saturated carbocycles. The highest BCUT2D eigenvalue weighted by molar-refractivity contribution is 9.09. The van der Waals surface area contributed by atoms with Crippen molar-refractivity contribution in [3.05, 3.63) is 33.9 Å². The maximum absolute atomic E-state index is 3.82. The first kappa shape index (κ1) is 12.8. The molecule has 15 heavy (non-hydrogen) atoms. The van der Waals surface area contributed by atoms with Gasteiger partial charge < -0.3 is 0 Å². The number of hydrogen-bond acceptors (Lipinski definition) is 0. The van der Waals surface area contributed by atoms with Crippen LogP contribution in [0.2, 0.25) is 0 Å². The molecule has 0 aliphatic heterocycles. The Morgan fingerprint density at radius 3 is 1.67 bits per heavy atom. The SMILES string of the molecule is Cc1cc(C)c(C)c(C(Br)C(C)C)c1C. The molecule has 1 aromatic rings. The van der Waals surface area contributed by atoms with Gasteiger partial charge in [0.25, 0.3) is 0 Å². The van der Waals surface area contributed by atoms with Crippen molar-refractivity contribution in [2.45, 2.75) is 46.4 Å². The van der Waals surface area contributed by atoms with Crippen LogP contribution in [0.5, 0.6) is 0 Å². The van der Waals surface area contributed by atoms with Crippen LogP contribution in [0.1, 0.15) is 46.5 Å². The number of aryl methyl sites for hydroxylation is 2. The summed E-state index contributed by atoms with van der Waals surface area (Å²) in [6.07, 6.45) is 0. The first-order chi connectivity index (χ1) is 6.86. The topological polar surface area (TPSA) is 0 Å². The zero-order valence-electron chi connectivity index (χ0n) is 10.6. The van der Waals surface area contributed by atoms with Crippen LogP contribution in [-0.4, -0.2) is 0 Å². The Balaban J connectivity index is 3.39. The van der Waals surface area contributed by atoms with Crippen molar-refractivity contribution in [3.63, 3.8) is 0 Å². The largest absolute Gasteiger partial charge is 0.0836 e. The second-order valence-electron chi connectivity index (χ2n) is 4.82. The van der Waals surface area contributed by atoms with E-state index in [1.807, 2.05) is 0 Å². The van der Waals surface area contributed by atoms with Crippen molar-refractivity contribution in [1.29, 1.82) is 0 Å². The number of hydrogen-bond donors (Lipinski definition) is 0. The van der Waals surface area contributed by atoms with E-state index in [2.05, 4.69) is 63.5 Å². The number of benzene rings is 1. The van der Waals surface area contributed by atoms with Crippen LogP contribution in [0.15, 0.2) is 6.07 Å². The zero-order valence-corrected chi connectivity index (χ0v) is 12.2. The van der Waals surface area contributed by atoms with Gasteiger partial charge in [-0.05, 0) is 61.4 Å². The minimum Gasteiger partial charge on any atom is -0.0836 e. The zero-order chi connectivity index (χ0) is 11.7. The lowest BCUT2D eigenvalue weighted by Crippen LogP contribution is -2.06. The lowest BCUT2D eigenvalue weighted by molar-refractivity contribution is 0.635. The highest BCUT2D eigenvalue weighted by atomic mass is 79.9. The molecule has 1 rings (SSSR count). The fourth-order valence-electron chi connectivity index (χ4n) is 1.99. The van der Waals surface area contributed by atoms with E-state index >= 15 is 0 Å². The average Bonchev–Trinajstić information content (AvgIpc) is 2.15. The van der Waals surface area contributed by atoms with E-state index in [1.165, 1.54) is 27.8 Å². The Bertz CT molecular complexity index is 338. The van der Waals surface area contributed by atoms with E-state index in [0.717, 1.165) is 0 Å². The van der Waals surface area contributed by atoms with Gasteiger partial charge >= 0.3 is 0 Å². The fourth-order valence-corrected chi connectivity index (χ4v) is 2.68. The second-order valence-corrected chi connectivity index (χ2v) is 5.81. The third kappa shape index (κ3) is 2.44. The van der Waals surface area contributed by atoms with Crippen LogP contribution in [0, 0.1) is 33.6 Å². The third-order valence-electron chi connectivity index (χ3n) is 3.29. The maximum atomic E-state index is 3.82. The van der Waals surface area contributed by atoms with E-state index in [9.17, 15) is 0 Å². The van der Waals surface area contributed by atoms with Crippen LogP contribution >= 0.6 is 15.9 Å². The molecule has 0 radical (unpaired) electrons. The standard InChI is InChI=1S/C14H21Br/c1-8(2)14(15)13-11(5)9(3)7-10(4)12(13)6/h7-8,14H,1-6H3. The summed E-state index contributed by atoms with van der Waals surface area (Å²) in [5.41, 5.74) is 7.17. The summed E-state index contributed by atoms with van der Waals surface area (Å²) >= 11 is 3.82. The molecule has 0 N–H and O–H groups in total. The Labute approximate surface area is 102 Å². The maximum Gasteiger partial charge on any atom is 0.0423 e. The highest BCUT2D eigenvalue weighted by Gasteiger charge is 2.18. The number of rotatable bonds is 2. The molecule has 0 amide bonds. The predicted molar refractivity (Wildman–Crippen MR) is 71.9 cm³/mol. The van der Waals surface area contributed by atoms with Crippen LogP contribution in [0.25, 0.3) is 0 Å². The molecule has 0 fully saturated rings. The molecule has 1 unspecified atom stereocenters. The quantitative estimate of drug-likeness (QED) is 0.662. The summed E-state index contributed by atoms with van der Waals surface area (Å²) in [6, 6.07) is 2.29. The van der Waals surface area contributed by atoms with Crippen LogP contribution in [-0.2, 0) is 0 Å². The minimum atomic E-state index is 0.469. The van der Waals surface area contributed by atoms with Gasteiger partial charge in [-0.25, -0.2) is 0 Å². The van der Waals surface area contributed by atoms with Gasteiger partial charge in [-0.3, -0.25) is 0 Å². The second kappa shape index (κ2) is 4.69. The van der Waals surface area contributed by atoms with Crippen molar-refractivity contribution < 1.29 is 0 Å². The lowest BCUT2D eigenvalue weighted by Gasteiger charge is -2.22. The molecular weight excluding hydrogens is 248 g/mol. The smallest absolute Gasteiger partial charge is 0.0423 e. The van der Waals surface area contributed by atoms with Crippen molar-refractivity contribution in [2.75, 3.05) is 0 Å². The van der Waals surface area contributed by atoms with Crippen molar-refractivity contribution >= 4 is 15.9 Å². The van der Waals surface area contributed by atoms with Gasteiger partial charge in [-0.15, -0.1) is 0 Å². The summed E-state index contributed by atoms with van der Waals surface area (Å²) in [4.78, 5) is 0.469. The molecule has 0 aliphatic rings. The summed E-state index contributed by atoms with van der Waals surface area (Å²) in [7, 11) is 0. The van der Waals surface area contributed by atoms with Crippen molar-refractivity contribution in [2.24, 2.45) is 5.92 Å². The predicted octanol–water partition coefficient (Wildman–Crippen LogP) is 5.01. The van der Waals surface area contributed by atoms with E-state index in [1.54, 1.807) is 0 Å². The molecule has 1 atom stereocenters. The fraction of sp³-hybridized carbons (Fsp3) is 0.571. The molecular formula is C14H21Br. The van der Waals surface area contributed by atoms with E-state index in [4.69, 9.17) is 0 Å². The molecule has 0 heterocycles. The first-order valence-corrected chi connectivity index (χ1v) is 6.49. The molecule has 84 valence electrons. The molecule has 0 aliphatic carbocycles.